The normalized spacial score (nSPS) is 15.3. The molecule has 1 aliphatic rings. The lowest BCUT2D eigenvalue weighted by molar-refractivity contribution is 0.102. The fourth-order valence-corrected chi connectivity index (χ4v) is 4.50. The number of hydrogen-bond donors (Lipinski definition) is 1. The maximum atomic E-state index is 12.2. The minimum atomic E-state index is -3.45. The third-order valence-corrected chi connectivity index (χ3v) is 6.53. The van der Waals surface area contributed by atoms with Crippen LogP contribution in [0.5, 0.6) is 0 Å². The standard InChI is InChI=1S/C14H17N5O3S2/c1-18(2)24(21,22)19-8-5-11-12(9-19)23-14(16-11)17-13(20)10-3-6-15-7-4-10/h3-4,6-7H,5,8-9H2,1-2H3,(H,16,17,20). The largest absolute Gasteiger partial charge is 0.298 e. The van der Waals surface area contributed by atoms with Gasteiger partial charge in [-0.05, 0) is 12.1 Å². The minimum Gasteiger partial charge on any atom is -0.298 e. The van der Waals surface area contributed by atoms with Gasteiger partial charge in [-0.3, -0.25) is 15.1 Å². The first-order valence-corrected chi connectivity index (χ1v) is 9.47. The van der Waals surface area contributed by atoms with Gasteiger partial charge in [-0.2, -0.15) is 17.0 Å². The first kappa shape index (κ1) is 17.0. The average molecular weight is 367 g/mol. The van der Waals surface area contributed by atoms with E-state index in [0.717, 1.165) is 10.6 Å². The van der Waals surface area contributed by atoms with Crippen molar-refractivity contribution in [1.82, 2.24) is 18.6 Å². The number of anilines is 1. The van der Waals surface area contributed by atoms with Crippen LogP contribution in [-0.4, -0.2) is 53.5 Å². The molecule has 1 aliphatic heterocycles. The van der Waals surface area contributed by atoms with Gasteiger partial charge in [0.25, 0.3) is 16.1 Å². The molecule has 0 saturated heterocycles. The van der Waals surface area contributed by atoms with Gasteiger partial charge in [0.2, 0.25) is 0 Å². The van der Waals surface area contributed by atoms with Gasteiger partial charge in [0.1, 0.15) is 0 Å². The number of nitrogens with zero attached hydrogens (tertiary/aromatic N) is 4. The van der Waals surface area contributed by atoms with Crippen LogP contribution in [0.3, 0.4) is 0 Å². The smallest absolute Gasteiger partial charge is 0.281 e. The lowest BCUT2D eigenvalue weighted by Gasteiger charge is -2.27. The van der Waals surface area contributed by atoms with E-state index < -0.39 is 10.2 Å². The highest BCUT2D eigenvalue weighted by Gasteiger charge is 2.30. The van der Waals surface area contributed by atoms with Crippen LogP contribution in [-0.2, 0) is 23.2 Å². The van der Waals surface area contributed by atoms with Crippen LogP contribution in [0, 0.1) is 0 Å². The Morgan fingerprint density at radius 1 is 1.33 bits per heavy atom. The molecule has 0 bridgehead atoms. The van der Waals surface area contributed by atoms with Crippen LogP contribution >= 0.6 is 11.3 Å². The van der Waals surface area contributed by atoms with Crippen LogP contribution in [0.15, 0.2) is 24.5 Å². The minimum absolute atomic E-state index is 0.263. The number of carbonyl (C=O) groups is 1. The molecule has 0 atom stereocenters. The van der Waals surface area contributed by atoms with E-state index >= 15 is 0 Å². The maximum Gasteiger partial charge on any atom is 0.281 e. The summed E-state index contributed by atoms with van der Waals surface area (Å²) < 4.78 is 27.1. The molecule has 24 heavy (non-hydrogen) atoms. The summed E-state index contributed by atoms with van der Waals surface area (Å²) in [6, 6.07) is 3.24. The summed E-state index contributed by atoms with van der Waals surface area (Å²) >= 11 is 1.31. The van der Waals surface area contributed by atoms with Gasteiger partial charge in [-0.1, -0.05) is 0 Å². The van der Waals surface area contributed by atoms with Crippen molar-refractivity contribution in [2.24, 2.45) is 0 Å². The molecule has 1 N–H and O–H groups in total. The second-order valence-electron chi connectivity index (χ2n) is 5.45. The Hall–Kier alpha value is -1.88. The van der Waals surface area contributed by atoms with Crippen molar-refractivity contribution >= 4 is 32.6 Å². The van der Waals surface area contributed by atoms with E-state index in [4.69, 9.17) is 0 Å². The first-order valence-electron chi connectivity index (χ1n) is 7.25. The molecule has 1 amide bonds. The highest BCUT2D eigenvalue weighted by Crippen LogP contribution is 2.30. The maximum absolute atomic E-state index is 12.2. The zero-order valence-electron chi connectivity index (χ0n) is 13.3. The van der Waals surface area contributed by atoms with E-state index in [2.05, 4.69) is 15.3 Å². The Morgan fingerprint density at radius 2 is 2.04 bits per heavy atom. The van der Waals surface area contributed by atoms with E-state index in [-0.39, 0.29) is 12.5 Å². The van der Waals surface area contributed by atoms with Crippen molar-refractivity contribution in [2.75, 3.05) is 26.0 Å². The Bertz CT molecular complexity index is 849. The summed E-state index contributed by atoms with van der Waals surface area (Å²) in [5, 5.41) is 3.23. The van der Waals surface area contributed by atoms with Crippen molar-refractivity contribution in [3.8, 4) is 0 Å². The topological polar surface area (TPSA) is 95.5 Å². The Labute approximate surface area is 144 Å². The molecule has 2 aromatic rings. The van der Waals surface area contributed by atoms with Crippen molar-refractivity contribution in [1.29, 1.82) is 0 Å². The number of amides is 1. The summed E-state index contributed by atoms with van der Waals surface area (Å²) in [6.45, 7) is 0.660. The van der Waals surface area contributed by atoms with Crippen LogP contribution < -0.4 is 5.32 Å². The molecule has 0 spiro atoms. The number of aromatic nitrogens is 2. The second kappa shape index (κ2) is 6.55. The third kappa shape index (κ3) is 3.31. The predicted octanol–water partition coefficient (Wildman–Crippen LogP) is 0.955. The Morgan fingerprint density at radius 3 is 2.71 bits per heavy atom. The molecule has 2 aromatic heterocycles. The summed E-state index contributed by atoms with van der Waals surface area (Å²) in [5.41, 5.74) is 1.34. The summed E-state index contributed by atoms with van der Waals surface area (Å²) in [7, 11) is -0.425. The summed E-state index contributed by atoms with van der Waals surface area (Å²) in [6.07, 6.45) is 3.63. The molecule has 0 aromatic carbocycles. The number of hydrogen-bond acceptors (Lipinski definition) is 6. The molecule has 0 fully saturated rings. The molecular formula is C14H17N5O3S2. The van der Waals surface area contributed by atoms with Gasteiger partial charge >= 0.3 is 0 Å². The number of pyridine rings is 1. The molecule has 10 heteroatoms. The summed E-state index contributed by atoms with van der Waals surface area (Å²) in [4.78, 5) is 21.3. The number of carbonyl (C=O) groups excluding carboxylic acids is 1. The highest BCUT2D eigenvalue weighted by molar-refractivity contribution is 7.86. The lowest BCUT2D eigenvalue weighted by Crippen LogP contribution is -2.42. The molecule has 0 saturated carbocycles. The zero-order valence-corrected chi connectivity index (χ0v) is 14.9. The first-order chi connectivity index (χ1) is 11.4. The fourth-order valence-electron chi connectivity index (χ4n) is 2.33. The number of rotatable bonds is 4. The van der Waals surface area contributed by atoms with Crippen molar-refractivity contribution in [2.45, 2.75) is 13.0 Å². The van der Waals surface area contributed by atoms with E-state index in [1.165, 1.54) is 34.0 Å². The monoisotopic (exact) mass is 367 g/mol. The van der Waals surface area contributed by atoms with E-state index in [0.29, 0.717) is 23.7 Å². The molecule has 3 heterocycles. The van der Waals surface area contributed by atoms with Crippen molar-refractivity contribution < 1.29 is 13.2 Å². The van der Waals surface area contributed by atoms with Crippen molar-refractivity contribution in [3.63, 3.8) is 0 Å². The quantitative estimate of drug-likeness (QED) is 0.868. The van der Waals surface area contributed by atoms with Gasteiger partial charge in [0, 0.05) is 49.9 Å². The Balaban J connectivity index is 1.75. The van der Waals surface area contributed by atoms with Crippen LogP contribution in [0.2, 0.25) is 0 Å². The zero-order chi connectivity index (χ0) is 17.3. The SMILES string of the molecule is CN(C)S(=O)(=O)N1CCc2nc(NC(=O)c3ccncc3)sc2C1. The molecule has 0 unspecified atom stereocenters. The van der Waals surface area contributed by atoms with E-state index in [9.17, 15) is 13.2 Å². The van der Waals surface area contributed by atoms with E-state index in [1.807, 2.05) is 0 Å². The molecule has 0 radical (unpaired) electrons. The van der Waals surface area contributed by atoms with Gasteiger partial charge in [0.05, 0.1) is 12.2 Å². The van der Waals surface area contributed by atoms with Crippen LogP contribution in [0.4, 0.5) is 5.13 Å². The molecule has 128 valence electrons. The Kier molecular flexibility index (Phi) is 4.63. The fraction of sp³-hybridized carbons (Fsp3) is 0.357. The highest BCUT2D eigenvalue weighted by atomic mass is 32.2. The van der Waals surface area contributed by atoms with Gasteiger partial charge in [-0.15, -0.1) is 11.3 Å². The lowest BCUT2D eigenvalue weighted by atomic mass is 10.2. The molecule has 3 rings (SSSR count). The number of fused-ring (bicyclic) bond motifs is 1. The second-order valence-corrected chi connectivity index (χ2v) is 8.68. The van der Waals surface area contributed by atoms with Crippen LogP contribution in [0.25, 0.3) is 0 Å². The average Bonchev–Trinajstić information content (AvgIpc) is 2.96. The molecule has 8 nitrogen and oxygen atoms in total. The molecular weight excluding hydrogens is 350 g/mol. The third-order valence-electron chi connectivity index (χ3n) is 3.65. The molecule has 0 aliphatic carbocycles. The van der Waals surface area contributed by atoms with Gasteiger partial charge in [0.15, 0.2) is 5.13 Å². The van der Waals surface area contributed by atoms with Gasteiger partial charge < -0.3 is 0 Å². The predicted molar refractivity (Wildman–Crippen MR) is 91.0 cm³/mol. The van der Waals surface area contributed by atoms with E-state index in [1.54, 1.807) is 24.5 Å². The summed E-state index contributed by atoms with van der Waals surface area (Å²) in [5.74, 6) is -0.263. The van der Waals surface area contributed by atoms with Gasteiger partial charge in [-0.25, -0.2) is 4.98 Å². The van der Waals surface area contributed by atoms with Crippen molar-refractivity contribution in [3.05, 3.63) is 40.7 Å². The van der Waals surface area contributed by atoms with Crippen LogP contribution in [0.1, 0.15) is 20.9 Å². The number of thiazole rings is 1. The number of nitrogens with one attached hydrogen (secondary N) is 1.